The van der Waals surface area contributed by atoms with E-state index in [-0.39, 0.29) is 5.91 Å². The van der Waals surface area contributed by atoms with Crippen molar-refractivity contribution in [3.63, 3.8) is 0 Å². The van der Waals surface area contributed by atoms with E-state index in [4.69, 9.17) is 32.7 Å². The molecule has 0 fully saturated rings. The Balaban J connectivity index is 2.10. The second-order valence-corrected chi connectivity index (χ2v) is 5.38. The molecule has 2 rings (SSSR count). The zero-order valence-electron chi connectivity index (χ0n) is 12.6. The minimum absolute atomic E-state index is 0.292. The molecule has 0 radical (unpaired) electrons. The Hall–Kier alpha value is -2.17. The minimum atomic E-state index is -0.292. The summed E-state index contributed by atoms with van der Waals surface area (Å²) in [6, 6.07) is 10.3. The molecule has 0 bridgehead atoms. The van der Waals surface area contributed by atoms with E-state index < -0.39 is 0 Å². The number of ether oxygens (including phenoxy) is 2. The van der Waals surface area contributed by atoms with Crippen molar-refractivity contribution in [2.24, 2.45) is 0 Å². The first-order chi connectivity index (χ1) is 11.0. The van der Waals surface area contributed by atoms with Crippen molar-refractivity contribution in [3.05, 3.63) is 58.1 Å². The number of amides is 1. The van der Waals surface area contributed by atoms with E-state index in [1.54, 1.807) is 49.6 Å². The predicted octanol–water partition coefficient (Wildman–Crippen LogP) is 4.66. The van der Waals surface area contributed by atoms with Crippen LogP contribution in [0.1, 0.15) is 5.56 Å². The van der Waals surface area contributed by atoms with Gasteiger partial charge in [-0.1, -0.05) is 29.3 Å². The second-order valence-electron chi connectivity index (χ2n) is 4.56. The topological polar surface area (TPSA) is 47.6 Å². The van der Waals surface area contributed by atoms with Gasteiger partial charge in [-0.2, -0.15) is 0 Å². The monoisotopic (exact) mass is 351 g/mol. The molecule has 4 nitrogen and oxygen atoms in total. The van der Waals surface area contributed by atoms with Crippen LogP contribution in [0.5, 0.6) is 11.5 Å². The fraction of sp³-hybridized carbons (Fsp3) is 0.118. The zero-order valence-corrected chi connectivity index (χ0v) is 14.1. The van der Waals surface area contributed by atoms with Crippen molar-refractivity contribution in [3.8, 4) is 11.5 Å². The normalized spacial score (nSPS) is 10.6. The van der Waals surface area contributed by atoms with Gasteiger partial charge in [-0.3, -0.25) is 4.79 Å². The lowest BCUT2D eigenvalue weighted by atomic mass is 10.2. The largest absolute Gasteiger partial charge is 0.497 e. The molecule has 0 saturated carbocycles. The molecule has 120 valence electrons. The minimum Gasteiger partial charge on any atom is -0.497 e. The van der Waals surface area contributed by atoms with E-state index in [0.717, 1.165) is 5.56 Å². The molecule has 0 spiro atoms. The van der Waals surface area contributed by atoms with Crippen molar-refractivity contribution < 1.29 is 14.3 Å². The third kappa shape index (κ3) is 4.65. The summed E-state index contributed by atoms with van der Waals surface area (Å²) in [7, 11) is 3.09. The SMILES string of the molecule is COc1ccc(NC(=O)C=Cc2ccc(Cl)c(Cl)c2)c(OC)c1. The van der Waals surface area contributed by atoms with Crippen LogP contribution in [0.15, 0.2) is 42.5 Å². The van der Waals surface area contributed by atoms with E-state index in [0.29, 0.717) is 27.2 Å². The lowest BCUT2D eigenvalue weighted by Gasteiger charge is -2.10. The molecule has 1 N–H and O–H groups in total. The molecular formula is C17H15Cl2NO3. The Morgan fingerprint density at radius 2 is 1.83 bits per heavy atom. The summed E-state index contributed by atoms with van der Waals surface area (Å²) in [5.74, 6) is 0.867. The molecule has 2 aromatic rings. The summed E-state index contributed by atoms with van der Waals surface area (Å²) in [6.45, 7) is 0. The number of rotatable bonds is 5. The fourth-order valence-electron chi connectivity index (χ4n) is 1.86. The van der Waals surface area contributed by atoms with Crippen molar-refractivity contribution >= 4 is 40.9 Å². The third-order valence-corrected chi connectivity index (χ3v) is 3.78. The number of anilines is 1. The highest BCUT2D eigenvalue weighted by molar-refractivity contribution is 6.42. The highest BCUT2D eigenvalue weighted by Crippen LogP contribution is 2.29. The molecule has 0 heterocycles. The molecular weight excluding hydrogens is 337 g/mol. The number of benzene rings is 2. The fourth-order valence-corrected chi connectivity index (χ4v) is 2.17. The highest BCUT2D eigenvalue weighted by atomic mass is 35.5. The second kappa shape index (κ2) is 7.90. The first kappa shape index (κ1) is 17.2. The van der Waals surface area contributed by atoms with Gasteiger partial charge in [-0.15, -0.1) is 0 Å². The first-order valence-corrected chi connectivity index (χ1v) is 7.45. The number of carbonyl (C=O) groups excluding carboxylic acids is 1. The third-order valence-electron chi connectivity index (χ3n) is 3.04. The van der Waals surface area contributed by atoms with Crippen LogP contribution in [0.4, 0.5) is 5.69 Å². The Morgan fingerprint density at radius 3 is 2.48 bits per heavy atom. The zero-order chi connectivity index (χ0) is 16.8. The van der Waals surface area contributed by atoms with E-state index in [9.17, 15) is 4.79 Å². The van der Waals surface area contributed by atoms with Crippen molar-refractivity contribution in [2.45, 2.75) is 0 Å². The maximum atomic E-state index is 12.0. The molecule has 0 aliphatic heterocycles. The van der Waals surface area contributed by atoms with Gasteiger partial charge in [0.05, 0.1) is 30.0 Å². The summed E-state index contributed by atoms with van der Waals surface area (Å²) >= 11 is 11.8. The van der Waals surface area contributed by atoms with Gasteiger partial charge < -0.3 is 14.8 Å². The molecule has 6 heteroatoms. The molecule has 0 atom stereocenters. The van der Waals surface area contributed by atoms with Crippen LogP contribution < -0.4 is 14.8 Å². The van der Waals surface area contributed by atoms with Crippen LogP contribution in [0.3, 0.4) is 0 Å². The van der Waals surface area contributed by atoms with Gasteiger partial charge in [-0.25, -0.2) is 0 Å². The number of hydrogen-bond donors (Lipinski definition) is 1. The standard InChI is InChI=1S/C17H15Cl2NO3/c1-22-12-5-7-15(16(10-12)23-2)20-17(21)8-4-11-3-6-13(18)14(19)9-11/h3-10H,1-2H3,(H,20,21). The molecule has 2 aromatic carbocycles. The molecule has 0 aliphatic rings. The van der Waals surface area contributed by atoms with Gasteiger partial charge in [0.1, 0.15) is 11.5 Å². The van der Waals surface area contributed by atoms with Gasteiger partial charge in [0.25, 0.3) is 0 Å². The maximum Gasteiger partial charge on any atom is 0.248 e. The van der Waals surface area contributed by atoms with Crippen LogP contribution >= 0.6 is 23.2 Å². The van der Waals surface area contributed by atoms with E-state index in [2.05, 4.69) is 5.32 Å². The van der Waals surface area contributed by atoms with Crippen LogP contribution in [0.25, 0.3) is 6.08 Å². The number of methoxy groups -OCH3 is 2. The van der Waals surface area contributed by atoms with E-state index in [1.807, 2.05) is 0 Å². The van der Waals surface area contributed by atoms with Gasteiger partial charge in [0.2, 0.25) is 5.91 Å². The average Bonchev–Trinajstić information content (AvgIpc) is 2.56. The molecule has 23 heavy (non-hydrogen) atoms. The van der Waals surface area contributed by atoms with Crippen molar-refractivity contribution in [2.75, 3.05) is 19.5 Å². The predicted molar refractivity (Wildman–Crippen MR) is 93.7 cm³/mol. The summed E-state index contributed by atoms with van der Waals surface area (Å²) in [5.41, 5.74) is 1.33. The summed E-state index contributed by atoms with van der Waals surface area (Å²) in [5, 5.41) is 3.65. The lowest BCUT2D eigenvalue weighted by Crippen LogP contribution is -2.09. The van der Waals surface area contributed by atoms with Crippen molar-refractivity contribution in [1.29, 1.82) is 0 Å². The number of hydrogen-bond acceptors (Lipinski definition) is 3. The van der Waals surface area contributed by atoms with Gasteiger partial charge >= 0.3 is 0 Å². The van der Waals surface area contributed by atoms with Crippen molar-refractivity contribution in [1.82, 2.24) is 0 Å². The smallest absolute Gasteiger partial charge is 0.248 e. The Kier molecular flexibility index (Phi) is 5.90. The summed E-state index contributed by atoms with van der Waals surface area (Å²) < 4.78 is 10.3. The molecule has 0 aliphatic carbocycles. The number of nitrogens with one attached hydrogen (secondary N) is 1. The molecule has 0 saturated heterocycles. The Morgan fingerprint density at radius 1 is 1.04 bits per heavy atom. The summed E-state index contributed by atoms with van der Waals surface area (Å²) in [6.07, 6.45) is 3.05. The quantitative estimate of drug-likeness (QED) is 0.796. The molecule has 1 amide bonds. The van der Waals surface area contributed by atoms with Gasteiger partial charge in [-0.05, 0) is 35.9 Å². The van der Waals surface area contributed by atoms with Gasteiger partial charge in [0, 0.05) is 12.1 Å². The van der Waals surface area contributed by atoms with Crippen LogP contribution in [0.2, 0.25) is 10.0 Å². The van der Waals surface area contributed by atoms with Crippen LogP contribution in [-0.4, -0.2) is 20.1 Å². The molecule has 0 unspecified atom stereocenters. The van der Waals surface area contributed by atoms with Crippen LogP contribution in [-0.2, 0) is 4.79 Å². The number of halogens is 2. The maximum absolute atomic E-state index is 12.0. The highest BCUT2D eigenvalue weighted by Gasteiger charge is 2.07. The molecule has 0 aromatic heterocycles. The average molecular weight is 352 g/mol. The van der Waals surface area contributed by atoms with Crippen LogP contribution in [0, 0.1) is 0 Å². The lowest BCUT2D eigenvalue weighted by molar-refractivity contribution is -0.111. The Bertz CT molecular complexity index is 745. The number of carbonyl (C=O) groups is 1. The van der Waals surface area contributed by atoms with E-state index >= 15 is 0 Å². The van der Waals surface area contributed by atoms with Gasteiger partial charge in [0.15, 0.2) is 0 Å². The Labute approximate surface area is 144 Å². The van der Waals surface area contributed by atoms with E-state index in [1.165, 1.54) is 13.2 Å². The first-order valence-electron chi connectivity index (χ1n) is 6.69. The summed E-state index contributed by atoms with van der Waals surface area (Å²) in [4.78, 5) is 12.0.